The highest BCUT2D eigenvalue weighted by atomic mass is 15.2. The van der Waals surface area contributed by atoms with Gasteiger partial charge in [0, 0.05) is 31.0 Å². The fourth-order valence-corrected chi connectivity index (χ4v) is 2.38. The van der Waals surface area contributed by atoms with Gasteiger partial charge in [-0.2, -0.15) is 0 Å². The van der Waals surface area contributed by atoms with Crippen LogP contribution in [0.1, 0.15) is 32.0 Å². The second-order valence-corrected chi connectivity index (χ2v) is 6.71. The van der Waals surface area contributed by atoms with Gasteiger partial charge in [0.25, 0.3) is 0 Å². The third-order valence-corrected chi connectivity index (χ3v) is 3.33. The van der Waals surface area contributed by atoms with Crippen molar-refractivity contribution in [1.29, 1.82) is 0 Å². The number of hydrogen-bond donors (Lipinski definition) is 0. The first kappa shape index (κ1) is 15.4. The number of hydrogen-bond acceptors (Lipinski definition) is 4. The lowest BCUT2D eigenvalue weighted by atomic mass is 9.96. The summed E-state index contributed by atoms with van der Waals surface area (Å²) in [6, 6.07) is 5.80. The van der Waals surface area contributed by atoms with Crippen molar-refractivity contribution in [2.24, 2.45) is 5.41 Å². The van der Waals surface area contributed by atoms with Gasteiger partial charge in [0.2, 0.25) is 0 Å². The Balaban J connectivity index is 2.44. The second-order valence-electron chi connectivity index (χ2n) is 6.71. The standard InChI is InChI=1S/C17H24N4/c1-12-13(2)19-15(14-9-7-8-10-18-14)20-16(12)21(6)11-17(3,4)5/h7-10H,11H2,1-6H3. The normalized spacial score (nSPS) is 11.5. The zero-order valence-corrected chi connectivity index (χ0v) is 13.8. The molecule has 0 spiro atoms. The van der Waals surface area contributed by atoms with Crippen LogP contribution < -0.4 is 4.90 Å². The van der Waals surface area contributed by atoms with Crippen LogP contribution >= 0.6 is 0 Å². The first-order chi connectivity index (χ1) is 9.78. The van der Waals surface area contributed by atoms with E-state index in [1.807, 2.05) is 25.1 Å². The average molecular weight is 284 g/mol. The third-order valence-electron chi connectivity index (χ3n) is 3.33. The lowest BCUT2D eigenvalue weighted by Crippen LogP contribution is -2.30. The van der Waals surface area contributed by atoms with Crippen molar-refractivity contribution < 1.29 is 0 Å². The minimum absolute atomic E-state index is 0.213. The summed E-state index contributed by atoms with van der Waals surface area (Å²) in [5, 5.41) is 0. The Morgan fingerprint density at radius 1 is 1.10 bits per heavy atom. The molecule has 2 heterocycles. The molecule has 0 atom stereocenters. The van der Waals surface area contributed by atoms with Gasteiger partial charge in [0.15, 0.2) is 5.82 Å². The molecule has 0 saturated heterocycles. The molecule has 2 aromatic heterocycles. The minimum atomic E-state index is 0.213. The van der Waals surface area contributed by atoms with Gasteiger partial charge in [0.05, 0.1) is 0 Å². The molecule has 4 heteroatoms. The Morgan fingerprint density at radius 3 is 2.38 bits per heavy atom. The van der Waals surface area contributed by atoms with Gasteiger partial charge >= 0.3 is 0 Å². The Kier molecular flexibility index (Phi) is 4.26. The van der Waals surface area contributed by atoms with Crippen LogP contribution in [0.5, 0.6) is 0 Å². The third kappa shape index (κ3) is 3.78. The maximum absolute atomic E-state index is 4.74. The Hall–Kier alpha value is -1.97. The molecule has 0 bridgehead atoms. The predicted octanol–water partition coefficient (Wildman–Crippen LogP) is 3.64. The van der Waals surface area contributed by atoms with Gasteiger partial charge in [-0.1, -0.05) is 26.8 Å². The molecular weight excluding hydrogens is 260 g/mol. The smallest absolute Gasteiger partial charge is 0.180 e. The number of aryl methyl sites for hydroxylation is 1. The molecule has 0 aliphatic heterocycles. The van der Waals surface area contributed by atoms with Crippen LogP contribution in [0, 0.1) is 19.3 Å². The molecule has 0 radical (unpaired) electrons. The topological polar surface area (TPSA) is 41.9 Å². The zero-order chi connectivity index (χ0) is 15.6. The summed E-state index contributed by atoms with van der Waals surface area (Å²) in [6.07, 6.45) is 1.77. The van der Waals surface area contributed by atoms with Crippen molar-refractivity contribution in [3.05, 3.63) is 35.7 Å². The van der Waals surface area contributed by atoms with E-state index in [1.165, 1.54) is 0 Å². The Bertz CT molecular complexity index is 615. The van der Waals surface area contributed by atoms with Crippen LogP contribution in [-0.4, -0.2) is 28.5 Å². The molecule has 0 unspecified atom stereocenters. The van der Waals surface area contributed by atoms with E-state index in [1.54, 1.807) is 6.20 Å². The van der Waals surface area contributed by atoms with Gasteiger partial charge < -0.3 is 4.90 Å². The van der Waals surface area contributed by atoms with Crippen molar-refractivity contribution >= 4 is 5.82 Å². The highest BCUT2D eigenvalue weighted by molar-refractivity contribution is 5.57. The highest BCUT2D eigenvalue weighted by Crippen LogP contribution is 2.25. The molecule has 0 fully saturated rings. The number of anilines is 1. The molecule has 0 aliphatic rings. The summed E-state index contributed by atoms with van der Waals surface area (Å²) >= 11 is 0. The van der Waals surface area contributed by atoms with Gasteiger partial charge in [0.1, 0.15) is 11.5 Å². The van der Waals surface area contributed by atoms with Gasteiger partial charge in [-0.3, -0.25) is 4.98 Å². The molecule has 0 saturated carbocycles. The summed E-state index contributed by atoms with van der Waals surface area (Å²) in [5.41, 5.74) is 3.15. The van der Waals surface area contributed by atoms with Crippen LogP contribution in [0.4, 0.5) is 5.82 Å². The number of pyridine rings is 1. The number of rotatable bonds is 3. The minimum Gasteiger partial charge on any atom is -0.359 e. The molecular formula is C17H24N4. The van der Waals surface area contributed by atoms with E-state index < -0.39 is 0 Å². The quantitative estimate of drug-likeness (QED) is 0.863. The lowest BCUT2D eigenvalue weighted by Gasteiger charge is -2.29. The van der Waals surface area contributed by atoms with E-state index in [0.717, 1.165) is 29.3 Å². The van der Waals surface area contributed by atoms with Crippen molar-refractivity contribution in [3.8, 4) is 11.5 Å². The largest absolute Gasteiger partial charge is 0.359 e. The predicted molar refractivity (Wildman–Crippen MR) is 87.5 cm³/mol. The van der Waals surface area contributed by atoms with Crippen LogP contribution in [-0.2, 0) is 0 Å². The Labute approximate surface area is 127 Å². The molecule has 2 rings (SSSR count). The van der Waals surface area contributed by atoms with Crippen molar-refractivity contribution in [2.75, 3.05) is 18.5 Å². The Morgan fingerprint density at radius 2 is 1.81 bits per heavy atom. The molecule has 21 heavy (non-hydrogen) atoms. The lowest BCUT2D eigenvalue weighted by molar-refractivity contribution is 0.417. The fourth-order valence-electron chi connectivity index (χ4n) is 2.38. The van der Waals surface area contributed by atoms with E-state index in [0.29, 0.717) is 5.82 Å². The molecule has 4 nitrogen and oxygen atoms in total. The summed E-state index contributed by atoms with van der Waals surface area (Å²) in [7, 11) is 2.09. The summed E-state index contributed by atoms with van der Waals surface area (Å²) in [4.78, 5) is 15.9. The van der Waals surface area contributed by atoms with Gasteiger partial charge in [-0.25, -0.2) is 9.97 Å². The maximum atomic E-state index is 4.74. The summed E-state index contributed by atoms with van der Waals surface area (Å²) < 4.78 is 0. The van der Waals surface area contributed by atoms with Crippen LogP contribution in [0.25, 0.3) is 11.5 Å². The van der Waals surface area contributed by atoms with E-state index in [4.69, 9.17) is 4.98 Å². The first-order valence-corrected chi connectivity index (χ1v) is 7.26. The molecule has 0 aliphatic carbocycles. The molecule has 112 valence electrons. The molecule has 0 N–H and O–H groups in total. The van der Waals surface area contributed by atoms with E-state index >= 15 is 0 Å². The van der Waals surface area contributed by atoms with E-state index in [2.05, 4.69) is 49.6 Å². The van der Waals surface area contributed by atoms with Crippen molar-refractivity contribution in [1.82, 2.24) is 15.0 Å². The van der Waals surface area contributed by atoms with Crippen molar-refractivity contribution in [3.63, 3.8) is 0 Å². The highest BCUT2D eigenvalue weighted by Gasteiger charge is 2.18. The van der Waals surface area contributed by atoms with Crippen LogP contribution in [0.15, 0.2) is 24.4 Å². The van der Waals surface area contributed by atoms with Crippen LogP contribution in [0.3, 0.4) is 0 Å². The van der Waals surface area contributed by atoms with Gasteiger partial charge in [-0.15, -0.1) is 0 Å². The summed E-state index contributed by atoms with van der Waals surface area (Å²) in [5.74, 6) is 1.67. The monoisotopic (exact) mass is 284 g/mol. The molecule has 0 aromatic carbocycles. The summed E-state index contributed by atoms with van der Waals surface area (Å²) in [6.45, 7) is 11.7. The zero-order valence-electron chi connectivity index (χ0n) is 13.8. The van der Waals surface area contributed by atoms with Crippen molar-refractivity contribution in [2.45, 2.75) is 34.6 Å². The van der Waals surface area contributed by atoms with Crippen LogP contribution in [0.2, 0.25) is 0 Å². The number of nitrogens with zero attached hydrogens (tertiary/aromatic N) is 4. The number of aromatic nitrogens is 3. The fraction of sp³-hybridized carbons (Fsp3) is 0.471. The second kappa shape index (κ2) is 5.80. The average Bonchev–Trinajstić information content (AvgIpc) is 2.40. The van der Waals surface area contributed by atoms with E-state index in [9.17, 15) is 0 Å². The van der Waals surface area contributed by atoms with E-state index in [-0.39, 0.29) is 5.41 Å². The molecule has 0 amide bonds. The SMILES string of the molecule is Cc1nc(-c2ccccn2)nc(N(C)CC(C)(C)C)c1C. The first-order valence-electron chi connectivity index (χ1n) is 7.26. The maximum Gasteiger partial charge on any atom is 0.180 e. The molecule has 2 aromatic rings. The van der Waals surface area contributed by atoms with Gasteiger partial charge in [-0.05, 0) is 31.4 Å².